The predicted molar refractivity (Wildman–Crippen MR) is 56.7 cm³/mol. The molecule has 6 heteroatoms. The number of thiol groups is 1. The van der Waals surface area contributed by atoms with Crippen LogP contribution in [0.15, 0.2) is 0 Å². The summed E-state index contributed by atoms with van der Waals surface area (Å²) in [7, 11) is 0. The Hall–Kier alpha value is 0.150. The van der Waals surface area contributed by atoms with Crippen molar-refractivity contribution < 1.29 is 24.8 Å². The Labute approximate surface area is 94.4 Å². The molecule has 0 aromatic heterocycles. The van der Waals surface area contributed by atoms with Crippen molar-refractivity contribution in [3.63, 3.8) is 0 Å². The van der Waals surface area contributed by atoms with Crippen LogP contribution in [0.3, 0.4) is 0 Å². The molecule has 5 atom stereocenters. The zero-order chi connectivity index (χ0) is 11.4. The molecule has 15 heavy (non-hydrogen) atoms. The number of aliphatic hydroxyl groups is 3. The summed E-state index contributed by atoms with van der Waals surface area (Å²) in [4.78, 5) is 0. The lowest BCUT2D eigenvalue weighted by Crippen LogP contribution is -2.55. The van der Waals surface area contributed by atoms with Gasteiger partial charge in [0.1, 0.15) is 12.2 Å². The van der Waals surface area contributed by atoms with Crippen molar-refractivity contribution in [2.75, 3.05) is 19.0 Å². The summed E-state index contributed by atoms with van der Waals surface area (Å²) in [6.45, 7) is 1.79. The lowest BCUT2D eigenvalue weighted by atomic mass is 9.92. The van der Waals surface area contributed by atoms with Gasteiger partial charge in [-0.1, -0.05) is 6.92 Å². The Balaban J connectivity index is 2.57. The molecule has 90 valence electrons. The monoisotopic (exact) mass is 238 g/mol. The molecule has 1 fully saturated rings. The highest BCUT2D eigenvalue weighted by molar-refractivity contribution is 7.80. The van der Waals surface area contributed by atoms with E-state index in [0.717, 1.165) is 0 Å². The molecule has 3 N–H and O–H groups in total. The number of aliphatic hydroxyl groups excluding tert-OH is 3. The quantitative estimate of drug-likeness (QED) is 0.473. The molecular weight excluding hydrogens is 220 g/mol. The lowest BCUT2D eigenvalue weighted by Gasteiger charge is -2.40. The molecule has 0 spiro atoms. The van der Waals surface area contributed by atoms with Crippen molar-refractivity contribution in [1.29, 1.82) is 0 Å². The van der Waals surface area contributed by atoms with Gasteiger partial charge in [0.05, 0.1) is 19.3 Å². The maximum absolute atomic E-state index is 9.68. The van der Waals surface area contributed by atoms with Gasteiger partial charge in [-0.2, -0.15) is 12.6 Å². The molecule has 5 unspecified atom stereocenters. The second-order valence-corrected chi connectivity index (χ2v) is 4.11. The Kier molecular flexibility index (Phi) is 5.31. The lowest BCUT2D eigenvalue weighted by molar-refractivity contribution is -0.280. The van der Waals surface area contributed by atoms with Crippen LogP contribution in [0.1, 0.15) is 6.92 Å². The number of hydrogen-bond donors (Lipinski definition) is 4. The maximum Gasteiger partial charge on any atom is 0.163 e. The van der Waals surface area contributed by atoms with Crippen LogP contribution < -0.4 is 0 Å². The van der Waals surface area contributed by atoms with E-state index in [1.807, 2.05) is 0 Å². The number of rotatable bonds is 4. The Morgan fingerprint density at radius 3 is 2.53 bits per heavy atom. The summed E-state index contributed by atoms with van der Waals surface area (Å²) in [6.07, 6.45) is -3.41. The average molecular weight is 238 g/mol. The minimum absolute atomic E-state index is 0.331. The van der Waals surface area contributed by atoms with Crippen LogP contribution in [0.4, 0.5) is 0 Å². The third kappa shape index (κ3) is 3.05. The van der Waals surface area contributed by atoms with Gasteiger partial charge in [0, 0.05) is 11.7 Å². The van der Waals surface area contributed by atoms with E-state index < -0.39 is 24.6 Å². The van der Waals surface area contributed by atoms with Crippen LogP contribution in [-0.4, -0.2) is 58.9 Å². The molecule has 0 aromatic rings. The van der Waals surface area contributed by atoms with Crippen molar-refractivity contribution in [1.82, 2.24) is 0 Å². The van der Waals surface area contributed by atoms with E-state index in [0.29, 0.717) is 12.4 Å². The van der Waals surface area contributed by atoms with Gasteiger partial charge in [0.2, 0.25) is 0 Å². The predicted octanol–water partition coefficient (Wildman–Crippen LogP) is -0.992. The first-order valence-corrected chi connectivity index (χ1v) is 5.60. The minimum atomic E-state index is -1.07. The molecule has 1 rings (SSSR count). The van der Waals surface area contributed by atoms with E-state index in [2.05, 4.69) is 12.6 Å². The summed E-state index contributed by atoms with van der Waals surface area (Å²) < 4.78 is 10.6. The summed E-state index contributed by atoms with van der Waals surface area (Å²) in [6, 6.07) is 0. The van der Waals surface area contributed by atoms with Crippen molar-refractivity contribution >= 4 is 12.6 Å². The molecule has 5 nitrogen and oxygen atoms in total. The second kappa shape index (κ2) is 6.03. The smallest absolute Gasteiger partial charge is 0.163 e. The van der Waals surface area contributed by atoms with E-state index in [4.69, 9.17) is 14.6 Å². The van der Waals surface area contributed by atoms with Gasteiger partial charge in [-0.3, -0.25) is 0 Å². The number of ether oxygens (including phenoxy) is 2. The summed E-state index contributed by atoms with van der Waals surface area (Å²) >= 11 is 3.99. The molecule has 0 aliphatic carbocycles. The minimum Gasteiger partial charge on any atom is -0.394 e. The SMILES string of the molecule is CC1C(OCCS)OC(CO)C(O)C1O. The van der Waals surface area contributed by atoms with Crippen LogP contribution in [-0.2, 0) is 9.47 Å². The molecule has 0 amide bonds. The van der Waals surface area contributed by atoms with Gasteiger partial charge in [-0.05, 0) is 0 Å². The zero-order valence-electron chi connectivity index (χ0n) is 8.61. The van der Waals surface area contributed by atoms with Crippen molar-refractivity contribution in [2.45, 2.75) is 31.5 Å². The third-order valence-electron chi connectivity index (χ3n) is 2.56. The topological polar surface area (TPSA) is 79.2 Å². The molecule has 1 heterocycles. The molecule has 1 aliphatic rings. The zero-order valence-corrected chi connectivity index (χ0v) is 9.51. The molecule has 0 saturated carbocycles. The highest BCUT2D eigenvalue weighted by atomic mass is 32.1. The Bertz CT molecular complexity index is 189. The maximum atomic E-state index is 9.68. The van der Waals surface area contributed by atoms with Gasteiger partial charge in [-0.25, -0.2) is 0 Å². The van der Waals surface area contributed by atoms with Crippen LogP contribution in [0, 0.1) is 5.92 Å². The van der Waals surface area contributed by atoms with Crippen molar-refractivity contribution in [3.8, 4) is 0 Å². The van der Waals surface area contributed by atoms with Gasteiger partial charge in [-0.15, -0.1) is 0 Å². The van der Waals surface area contributed by atoms with Crippen LogP contribution in [0.5, 0.6) is 0 Å². The van der Waals surface area contributed by atoms with Gasteiger partial charge < -0.3 is 24.8 Å². The van der Waals surface area contributed by atoms with Crippen molar-refractivity contribution in [3.05, 3.63) is 0 Å². The molecule has 0 aromatic carbocycles. The van der Waals surface area contributed by atoms with E-state index in [1.165, 1.54) is 0 Å². The Morgan fingerprint density at radius 1 is 1.33 bits per heavy atom. The largest absolute Gasteiger partial charge is 0.394 e. The van der Waals surface area contributed by atoms with Crippen molar-refractivity contribution in [2.24, 2.45) is 5.92 Å². The van der Waals surface area contributed by atoms with Gasteiger partial charge in [0.25, 0.3) is 0 Å². The molecule has 0 radical (unpaired) electrons. The summed E-state index contributed by atoms with van der Waals surface area (Å²) in [5.74, 6) is 0.220. The average Bonchev–Trinajstić information content (AvgIpc) is 2.25. The van der Waals surface area contributed by atoms with Gasteiger partial charge >= 0.3 is 0 Å². The van der Waals surface area contributed by atoms with Crippen LogP contribution in [0.25, 0.3) is 0 Å². The molecule has 1 aliphatic heterocycles. The summed E-state index contributed by atoms with van der Waals surface area (Å²) in [5.41, 5.74) is 0. The first-order valence-electron chi connectivity index (χ1n) is 4.96. The van der Waals surface area contributed by atoms with Gasteiger partial charge in [0.15, 0.2) is 6.29 Å². The first-order chi connectivity index (χ1) is 7.11. The first kappa shape index (κ1) is 13.2. The fourth-order valence-electron chi connectivity index (χ4n) is 1.58. The fourth-order valence-corrected chi connectivity index (χ4v) is 1.68. The normalized spacial score (nSPS) is 41.8. The second-order valence-electron chi connectivity index (χ2n) is 3.66. The standard InChI is InChI=1S/C9H18O5S/c1-5-7(11)8(12)6(4-10)14-9(5)13-2-3-15/h5-12,15H,2-4H2,1H3. The van der Waals surface area contributed by atoms with E-state index in [-0.39, 0.29) is 12.5 Å². The molecule has 1 saturated heterocycles. The summed E-state index contributed by atoms with van der Waals surface area (Å²) in [5, 5.41) is 28.2. The third-order valence-corrected chi connectivity index (χ3v) is 2.74. The van der Waals surface area contributed by atoms with E-state index in [1.54, 1.807) is 6.92 Å². The molecular formula is C9H18O5S. The number of hydrogen-bond acceptors (Lipinski definition) is 6. The van der Waals surface area contributed by atoms with E-state index in [9.17, 15) is 10.2 Å². The highest BCUT2D eigenvalue weighted by Gasteiger charge is 2.42. The van der Waals surface area contributed by atoms with E-state index >= 15 is 0 Å². The highest BCUT2D eigenvalue weighted by Crippen LogP contribution is 2.26. The molecule has 0 bridgehead atoms. The Morgan fingerprint density at radius 2 is 2.00 bits per heavy atom. The van der Waals surface area contributed by atoms with Crippen LogP contribution >= 0.6 is 12.6 Å². The van der Waals surface area contributed by atoms with Crippen LogP contribution in [0.2, 0.25) is 0 Å². The fraction of sp³-hybridized carbons (Fsp3) is 1.00.